The fourth-order valence-electron chi connectivity index (χ4n) is 2.12. The molecule has 1 aliphatic heterocycles. The van der Waals surface area contributed by atoms with E-state index >= 15 is 0 Å². The van der Waals surface area contributed by atoms with Gasteiger partial charge in [0.2, 0.25) is 0 Å². The van der Waals surface area contributed by atoms with Gasteiger partial charge < -0.3 is 14.7 Å². The number of aliphatic hydroxyl groups is 1. The number of piperidine rings is 1. The number of alkyl halides is 1. The Morgan fingerprint density at radius 2 is 2.18 bits per heavy atom. The number of halogens is 1. The van der Waals surface area contributed by atoms with Crippen molar-refractivity contribution in [1.29, 1.82) is 0 Å². The third-order valence-electron chi connectivity index (χ3n) is 2.66. The van der Waals surface area contributed by atoms with Gasteiger partial charge in [-0.1, -0.05) is 6.92 Å². The largest absolute Gasteiger partial charge is 0.444 e. The lowest BCUT2D eigenvalue weighted by molar-refractivity contribution is -0.0367. The Morgan fingerprint density at radius 1 is 1.59 bits per heavy atom. The number of carbonyl (C=O) groups is 1. The molecular formula is C12H22FNO3. The molecule has 2 atom stereocenters. The number of aliphatic hydroxyl groups excluding tert-OH is 1. The first-order valence-electron chi connectivity index (χ1n) is 5.93. The number of likely N-dealkylation sites (tertiary alicyclic amines) is 1. The molecule has 4 nitrogen and oxygen atoms in total. The molecule has 0 aromatic heterocycles. The molecule has 0 radical (unpaired) electrons. The first-order chi connectivity index (χ1) is 7.65. The SMILES string of the molecule is CC1CN(C(=O)OC(C)(C)C)CC(F)(CO)C1. The van der Waals surface area contributed by atoms with Gasteiger partial charge in [-0.3, -0.25) is 0 Å². The lowest BCUT2D eigenvalue weighted by Gasteiger charge is -2.40. The maximum atomic E-state index is 14.1. The van der Waals surface area contributed by atoms with Crippen LogP contribution in [0.15, 0.2) is 0 Å². The Hall–Kier alpha value is -0.840. The highest BCUT2D eigenvalue weighted by molar-refractivity contribution is 5.68. The fourth-order valence-corrected chi connectivity index (χ4v) is 2.12. The standard InChI is InChI=1S/C12H22FNO3/c1-9-5-12(13,8-15)7-14(6-9)10(16)17-11(2,3)4/h9,15H,5-8H2,1-4H3. The van der Waals surface area contributed by atoms with Crippen LogP contribution in [0.1, 0.15) is 34.1 Å². The van der Waals surface area contributed by atoms with Crippen molar-refractivity contribution < 1.29 is 19.0 Å². The maximum Gasteiger partial charge on any atom is 0.410 e. The van der Waals surface area contributed by atoms with Crippen LogP contribution in [0.2, 0.25) is 0 Å². The molecule has 5 heteroatoms. The van der Waals surface area contributed by atoms with Crippen LogP contribution in [0.5, 0.6) is 0 Å². The summed E-state index contributed by atoms with van der Waals surface area (Å²) in [5.74, 6) is 0.0217. The van der Waals surface area contributed by atoms with Crippen molar-refractivity contribution in [3.8, 4) is 0 Å². The van der Waals surface area contributed by atoms with Crippen LogP contribution in [0.25, 0.3) is 0 Å². The van der Waals surface area contributed by atoms with Gasteiger partial charge in [-0.2, -0.15) is 0 Å². The second-order valence-electron chi connectivity index (χ2n) is 5.98. The minimum Gasteiger partial charge on any atom is -0.444 e. The quantitative estimate of drug-likeness (QED) is 0.770. The molecule has 1 amide bonds. The van der Waals surface area contributed by atoms with Crippen molar-refractivity contribution in [2.24, 2.45) is 5.92 Å². The Labute approximate surface area is 102 Å². The van der Waals surface area contributed by atoms with Crippen molar-refractivity contribution in [3.63, 3.8) is 0 Å². The maximum absolute atomic E-state index is 14.1. The molecule has 1 aliphatic rings. The Bertz CT molecular complexity index is 290. The molecule has 0 saturated carbocycles. The molecular weight excluding hydrogens is 225 g/mol. The summed E-state index contributed by atoms with van der Waals surface area (Å²) in [6.45, 7) is 6.99. The topological polar surface area (TPSA) is 49.8 Å². The van der Waals surface area contributed by atoms with Gasteiger partial charge in [0.1, 0.15) is 5.60 Å². The third kappa shape index (κ3) is 4.15. The van der Waals surface area contributed by atoms with E-state index in [1.54, 1.807) is 20.8 Å². The van der Waals surface area contributed by atoms with E-state index in [-0.39, 0.29) is 18.9 Å². The second-order valence-corrected chi connectivity index (χ2v) is 5.98. The van der Waals surface area contributed by atoms with E-state index in [0.717, 1.165) is 0 Å². The van der Waals surface area contributed by atoms with Crippen molar-refractivity contribution in [2.75, 3.05) is 19.7 Å². The number of hydrogen-bond acceptors (Lipinski definition) is 3. The van der Waals surface area contributed by atoms with Crippen molar-refractivity contribution in [1.82, 2.24) is 4.90 Å². The normalized spacial score (nSPS) is 30.2. The van der Waals surface area contributed by atoms with Crippen LogP contribution in [0.3, 0.4) is 0 Å². The second kappa shape index (κ2) is 4.80. The predicted octanol–water partition coefficient (Wildman–Crippen LogP) is 1.96. The molecule has 1 rings (SSSR count). The molecule has 1 fully saturated rings. The Kier molecular flexibility index (Phi) is 4.02. The summed E-state index contributed by atoms with van der Waals surface area (Å²) in [6.07, 6.45) is -0.234. The Balaban J connectivity index is 2.68. The number of amides is 1. The van der Waals surface area contributed by atoms with Crippen LogP contribution < -0.4 is 0 Å². The van der Waals surface area contributed by atoms with Crippen LogP contribution >= 0.6 is 0 Å². The summed E-state index contributed by atoms with van der Waals surface area (Å²) >= 11 is 0. The first kappa shape index (κ1) is 14.2. The van der Waals surface area contributed by atoms with Gasteiger partial charge in [0, 0.05) is 6.54 Å². The molecule has 1 heterocycles. The third-order valence-corrected chi connectivity index (χ3v) is 2.66. The minimum atomic E-state index is -1.70. The van der Waals surface area contributed by atoms with Gasteiger partial charge in [-0.05, 0) is 33.1 Å². The van der Waals surface area contributed by atoms with Gasteiger partial charge in [0.05, 0.1) is 13.2 Å². The van der Waals surface area contributed by atoms with Crippen molar-refractivity contribution in [3.05, 3.63) is 0 Å². The van der Waals surface area contributed by atoms with Gasteiger partial charge in [0.15, 0.2) is 5.67 Å². The highest BCUT2D eigenvalue weighted by atomic mass is 19.1. The molecule has 0 spiro atoms. The van der Waals surface area contributed by atoms with E-state index in [0.29, 0.717) is 6.54 Å². The highest BCUT2D eigenvalue weighted by Crippen LogP contribution is 2.29. The number of carbonyl (C=O) groups excluding carboxylic acids is 1. The van der Waals surface area contributed by atoms with Crippen LogP contribution in [-0.2, 0) is 4.74 Å². The predicted molar refractivity (Wildman–Crippen MR) is 62.5 cm³/mol. The molecule has 1 saturated heterocycles. The average molecular weight is 247 g/mol. The van der Waals surface area contributed by atoms with E-state index in [9.17, 15) is 9.18 Å². The summed E-state index contributed by atoms with van der Waals surface area (Å²) in [7, 11) is 0. The monoisotopic (exact) mass is 247 g/mol. The lowest BCUT2D eigenvalue weighted by atomic mass is 9.89. The van der Waals surface area contributed by atoms with Gasteiger partial charge >= 0.3 is 6.09 Å². The minimum absolute atomic E-state index is 0.0217. The first-order valence-corrected chi connectivity index (χ1v) is 5.93. The summed E-state index contributed by atoms with van der Waals surface area (Å²) in [6, 6.07) is 0. The number of ether oxygens (including phenoxy) is 1. The molecule has 0 aliphatic carbocycles. The summed E-state index contributed by atoms with van der Waals surface area (Å²) in [5, 5.41) is 9.05. The zero-order chi connectivity index (χ0) is 13.3. The lowest BCUT2D eigenvalue weighted by Crippen LogP contribution is -2.53. The summed E-state index contributed by atoms with van der Waals surface area (Å²) in [5.41, 5.74) is -2.29. The number of hydrogen-bond donors (Lipinski definition) is 1. The van der Waals surface area contributed by atoms with Gasteiger partial charge in [-0.25, -0.2) is 9.18 Å². The molecule has 0 bridgehead atoms. The molecule has 0 aromatic carbocycles. The van der Waals surface area contributed by atoms with Gasteiger partial charge in [0.25, 0.3) is 0 Å². The van der Waals surface area contributed by atoms with Crippen LogP contribution in [0, 0.1) is 5.92 Å². The zero-order valence-electron chi connectivity index (χ0n) is 11.0. The van der Waals surface area contributed by atoms with E-state index in [1.165, 1.54) is 4.90 Å². The average Bonchev–Trinajstić information content (AvgIpc) is 2.14. The number of rotatable bonds is 1. The molecule has 100 valence electrons. The van der Waals surface area contributed by atoms with E-state index < -0.39 is 24.0 Å². The van der Waals surface area contributed by atoms with E-state index in [4.69, 9.17) is 9.84 Å². The van der Waals surface area contributed by atoms with E-state index in [2.05, 4.69) is 0 Å². The molecule has 0 aromatic rings. The number of nitrogens with zero attached hydrogens (tertiary/aromatic N) is 1. The Morgan fingerprint density at radius 3 is 2.65 bits per heavy atom. The van der Waals surface area contributed by atoms with Crippen molar-refractivity contribution in [2.45, 2.75) is 45.4 Å². The smallest absolute Gasteiger partial charge is 0.410 e. The van der Waals surface area contributed by atoms with Crippen molar-refractivity contribution >= 4 is 6.09 Å². The molecule has 2 unspecified atom stereocenters. The van der Waals surface area contributed by atoms with Gasteiger partial charge in [-0.15, -0.1) is 0 Å². The van der Waals surface area contributed by atoms with Crippen LogP contribution in [-0.4, -0.2) is 47.1 Å². The van der Waals surface area contributed by atoms with Crippen LogP contribution in [0.4, 0.5) is 9.18 Å². The summed E-state index contributed by atoms with van der Waals surface area (Å²) in [4.78, 5) is 13.2. The zero-order valence-corrected chi connectivity index (χ0v) is 11.0. The van der Waals surface area contributed by atoms with E-state index in [1.807, 2.05) is 6.92 Å². The fraction of sp³-hybridized carbons (Fsp3) is 0.917. The molecule has 1 N–H and O–H groups in total. The highest BCUT2D eigenvalue weighted by Gasteiger charge is 2.41. The summed E-state index contributed by atoms with van der Waals surface area (Å²) < 4.78 is 19.3. The molecule has 17 heavy (non-hydrogen) atoms.